The Labute approximate surface area is 113 Å². The van der Waals surface area contributed by atoms with Crippen LogP contribution >= 0.6 is 23.1 Å². The lowest BCUT2D eigenvalue weighted by atomic mass is 10.2. The lowest BCUT2D eigenvalue weighted by Gasteiger charge is -2.16. The fourth-order valence-corrected chi connectivity index (χ4v) is 2.69. The summed E-state index contributed by atoms with van der Waals surface area (Å²) < 4.78 is 0.800. The molecule has 2 rings (SSSR count). The Morgan fingerprint density at radius 2 is 2.17 bits per heavy atom. The summed E-state index contributed by atoms with van der Waals surface area (Å²) in [4.78, 5) is 13.6. The van der Waals surface area contributed by atoms with Crippen molar-refractivity contribution >= 4 is 40.4 Å². The van der Waals surface area contributed by atoms with Gasteiger partial charge in [0, 0.05) is 18.4 Å². The number of hydrogen-bond donors (Lipinski definition) is 1. The zero-order valence-electron chi connectivity index (χ0n) is 9.74. The van der Waals surface area contributed by atoms with Gasteiger partial charge in [0.2, 0.25) is 5.91 Å². The van der Waals surface area contributed by atoms with Crippen molar-refractivity contribution in [3.8, 4) is 0 Å². The zero-order valence-corrected chi connectivity index (χ0v) is 11.4. The number of nitrogens with two attached hydrogens (primary N) is 1. The highest BCUT2D eigenvalue weighted by Gasteiger charge is 2.12. The van der Waals surface area contributed by atoms with Crippen LogP contribution in [0, 0.1) is 0 Å². The van der Waals surface area contributed by atoms with E-state index in [1.165, 1.54) is 23.1 Å². The summed E-state index contributed by atoms with van der Waals surface area (Å²) in [6.45, 7) is 0. The Morgan fingerprint density at radius 3 is 2.78 bits per heavy atom. The summed E-state index contributed by atoms with van der Waals surface area (Å²) in [7, 11) is 1.74. The van der Waals surface area contributed by atoms with E-state index in [0.29, 0.717) is 11.4 Å². The third-order valence-corrected chi connectivity index (χ3v) is 4.16. The molecular formula is C11H12N4OS2. The highest BCUT2D eigenvalue weighted by Crippen LogP contribution is 2.21. The first-order valence-electron chi connectivity index (χ1n) is 5.18. The molecule has 0 fully saturated rings. The van der Waals surface area contributed by atoms with Crippen LogP contribution in [0.4, 0.5) is 11.4 Å². The molecular weight excluding hydrogens is 268 g/mol. The molecule has 0 spiro atoms. The van der Waals surface area contributed by atoms with Crippen LogP contribution < -0.4 is 10.6 Å². The van der Waals surface area contributed by atoms with Crippen LogP contribution in [0.25, 0.3) is 0 Å². The first kappa shape index (κ1) is 12.8. The maximum Gasteiger partial charge on any atom is 0.237 e. The maximum absolute atomic E-state index is 12.0. The number of hydrogen-bond acceptors (Lipinski definition) is 6. The van der Waals surface area contributed by atoms with Gasteiger partial charge in [-0.15, -0.1) is 10.2 Å². The summed E-state index contributed by atoms with van der Waals surface area (Å²) in [5.41, 5.74) is 8.76. The number of rotatable bonds is 4. The van der Waals surface area contributed by atoms with Gasteiger partial charge < -0.3 is 10.6 Å². The quantitative estimate of drug-likeness (QED) is 0.684. The molecule has 0 unspecified atom stereocenters. The van der Waals surface area contributed by atoms with Crippen LogP contribution in [0.5, 0.6) is 0 Å². The summed E-state index contributed by atoms with van der Waals surface area (Å²) >= 11 is 2.82. The van der Waals surface area contributed by atoms with Crippen molar-refractivity contribution in [3.63, 3.8) is 0 Å². The number of anilines is 2. The van der Waals surface area contributed by atoms with Crippen LogP contribution in [0.1, 0.15) is 0 Å². The van der Waals surface area contributed by atoms with E-state index in [1.54, 1.807) is 29.6 Å². The lowest BCUT2D eigenvalue weighted by molar-refractivity contribution is -0.115. The molecule has 0 radical (unpaired) electrons. The highest BCUT2D eigenvalue weighted by atomic mass is 32.2. The van der Waals surface area contributed by atoms with Crippen LogP contribution in [-0.4, -0.2) is 28.9 Å². The maximum atomic E-state index is 12.0. The summed E-state index contributed by atoms with van der Waals surface area (Å²) in [6.07, 6.45) is 0. The van der Waals surface area contributed by atoms with Gasteiger partial charge in [-0.05, 0) is 24.3 Å². The minimum Gasteiger partial charge on any atom is -0.399 e. The predicted octanol–water partition coefficient (Wildman–Crippen LogP) is 1.88. The Morgan fingerprint density at radius 1 is 1.44 bits per heavy atom. The smallest absolute Gasteiger partial charge is 0.237 e. The molecule has 2 N–H and O–H groups in total. The molecule has 0 saturated heterocycles. The third-order valence-electron chi connectivity index (χ3n) is 2.31. The number of carbonyl (C=O) groups excluding carboxylic acids is 1. The zero-order chi connectivity index (χ0) is 13.0. The summed E-state index contributed by atoms with van der Waals surface area (Å²) in [6, 6.07) is 7.19. The monoisotopic (exact) mass is 280 g/mol. The molecule has 0 atom stereocenters. The molecule has 1 aromatic heterocycles. The van der Waals surface area contributed by atoms with E-state index >= 15 is 0 Å². The lowest BCUT2D eigenvalue weighted by Crippen LogP contribution is -2.27. The average molecular weight is 280 g/mol. The van der Waals surface area contributed by atoms with Crippen LogP contribution in [-0.2, 0) is 4.79 Å². The van der Waals surface area contributed by atoms with E-state index in [-0.39, 0.29) is 5.91 Å². The van der Waals surface area contributed by atoms with Crippen molar-refractivity contribution in [2.75, 3.05) is 23.4 Å². The number of aromatic nitrogens is 2. The van der Waals surface area contributed by atoms with Gasteiger partial charge in [-0.25, -0.2) is 0 Å². The van der Waals surface area contributed by atoms with E-state index in [0.717, 1.165) is 10.0 Å². The van der Waals surface area contributed by atoms with Crippen molar-refractivity contribution in [2.24, 2.45) is 0 Å². The van der Waals surface area contributed by atoms with E-state index in [9.17, 15) is 4.79 Å². The van der Waals surface area contributed by atoms with Gasteiger partial charge >= 0.3 is 0 Å². The molecule has 0 saturated carbocycles. The molecule has 0 bridgehead atoms. The first-order valence-corrected chi connectivity index (χ1v) is 7.04. The van der Waals surface area contributed by atoms with Gasteiger partial charge in [0.05, 0.1) is 5.75 Å². The second-order valence-electron chi connectivity index (χ2n) is 3.54. The van der Waals surface area contributed by atoms with Gasteiger partial charge in [-0.1, -0.05) is 23.1 Å². The second-order valence-corrected chi connectivity index (χ2v) is 5.59. The Bertz CT molecular complexity index is 512. The Kier molecular flexibility index (Phi) is 4.16. The van der Waals surface area contributed by atoms with Crippen molar-refractivity contribution in [1.29, 1.82) is 0 Å². The van der Waals surface area contributed by atoms with Gasteiger partial charge in [0.25, 0.3) is 0 Å². The second kappa shape index (κ2) is 5.83. The fourth-order valence-electron chi connectivity index (χ4n) is 1.29. The molecule has 1 heterocycles. The number of nitrogen functional groups attached to an aromatic ring is 1. The van der Waals surface area contributed by atoms with Gasteiger partial charge in [0.15, 0.2) is 4.34 Å². The topological polar surface area (TPSA) is 72.1 Å². The number of amides is 1. The minimum absolute atomic E-state index is 0.0139. The van der Waals surface area contributed by atoms with E-state index in [1.807, 2.05) is 12.1 Å². The van der Waals surface area contributed by atoms with Crippen LogP contribution in [0.2, 0.25) is 0 Å². The number of benzene rings is 1. The van der Waals surface area contributed by atoms with Crippen molar-refractivity contribution in [1.82, 2.24) is 10.2 Å². The average Bonchev–Trinajstić information content (AvgIpc) is 2.89. The first-order chi connectivity index (χ1) is 8.66. The molecule has 5 nitrogen and oxygen atoms in total. The number of nitrogens with zero attached hydrogens (tertiary/aromatic N) is 3. The molecule has 1 aromatic carbocycles. The largest absolute Gasteiger partial charge is 0.399 e. The molecule has 1 amide bonds. The van der Waals surface area contributed by atoms with E-state index in [4.69, 9.17) is 5.73 Å². The van der Waals surface area contributed by atoms with Crippen molar-refractivity contribution < 1.29 is 4.79 Å². The molecule has 0 aliphatic rings. The Hall–Kier alpha value is -1.60. The molecule has 0 aliphatic heterocycles. The number of thioether (sulfide) groups is 1. The summed E-state index contributed by atoms with van der Waals surface area (Å²) in [5, 5.41) is 7.60. The highest BCUT2D eigenvalue weighted by molar-refractivity contribution is 8.01. The normalized spacial score (nSPS) is 10.3. The van der Waals surface area contributed by atoms with Crippen LogP contribution in [0.15, 0.2) is 34.1 Å². The number of carbonyl (C=O) groups is 1. The molecule has 2 aromatic rings. The predicted molar refractivity (Wildman–Crippen MR) is 74.9 cm³/mol. The SMILES string of the molecule is CN(C(=O)CSc1nncs1)c1ccc(N)cc1. The third kappa shape index (κ3) is 3.21. The molecule has 7 heteroatoms. The minimum atomic E-state index is 0.0139. The van der Waals surface area contributed by atoms with E-state index in [2.05, 4.69) is 10.2 Å². The van der Waals surface area contributed by atoms with E-state index < -0.39 is 0 Å². The fraction of sp³-hybridized carbons (Fsp3) is 0.182. The Balaban J connectivity index is 1.94. The van der Waals surface area contributed by atoms with Crippen molar-refractivity contribution in [2.45, 2.75) is 4.34 Å². The van der Waals surface area contributed by atoms with Gasteiger partial charge in [-0.3, -0.25) is 4.79 Å². The van der Waals surface area contributed by atoms with Crippen molar-refractivity contribution in [3.05, 3.63) is 29.8 Å². The standard InChI is InChI=1S/C11H12N4OS2/c1-15(9-4-2-8(12)3-5-9)10(16)6-17-11-14-13-7-18-11/h2-5,7H,6,12H2,1H3. The van der Waals surface area contributed by atoms with Crippen LogP contribution in [0.3, 0.4) is 0 Å². The summed E-state index contributed by atoms with van der Waals surface area (Å²) in [5.74, 6) is 0.357. The molecule has 18 heavy (non-hydrogen) atoms. The van der Waals surface area contributed by atoms with Gasteiger partial charge in [-0.2, -0.15) is 0 Å². The molecule has 0 aliphatic carbocycles. The van der Waals surface area contributed by atoms with Gasteiger partial charge in [0.1, 0.15) is 5.51 Å². The molecule has 94 valence electrons.